The van der Waals surface area contributed by atoms with Crippen LogP contribution in [0.5, 0.6) is 5.75 Å². The second-order valence-electron chi connectivity index (χ2n) is 7.41. The Morgan fingerprint density at radius 2 is 1.80 bits per heavy atom. The highest BCUT2D eigenvalue weighted by molar-refractivity contribution is 5.80. The molecule has 0 bridgehead atoms. The van der Waals surface area contributed by atoms with Crippen LogP contribution in [0.3, 0.4) is 0 Å². The molecule has 1 atom stereocenters. The fourth-order valence-corrected chi connectivity index (χ4v) is 2.79. The van der Waals surface area contributed by atoms with Crippen molar-refractivity contribution in [3.8, 4) is 5.75 Å². The molecule has 0 radical (unpaired) electrons. The Labute approximate surface area is 148 Å². The lowest BCUT2D eigenvalue weighted by Crippen LogP contribution is -2.44. The number of amides is 1. The van der Waals surface area contributed by atoms with Gasteiger partial charge in [-0.05, 0) is 64.2 Å². The Bertz CT molecular complexity index is 585. The average Bonchev–Trinajstić information content (AvgIpc) is 2.99. The van der Waals surface area contributed by atoms with Crippen LogP contribution < -0.4 is 10.1 Å². The summed E-state index contributed by atoms with van der Waals surface area (Å²) in [4.78, 5) is 23.2. The van der Waals surface area contributed by atoms with Crippen LogP contribution >= 0.6 is 0 Å². The zero-order valence-electron chi connectivity index (χ0n) is 15.1. The van der Waals surface area contributed by atoms with Crippen LogP contribution in [0, 0.1) is 0 Å². The van der Waals surface area contributed by atoms with Gasteiger partial charge in [-0.25, -0.2) is 9.59 Å². The average molecular weight is 349 g/mol. The predicted molar refractivity (Wildman–Crippen MR) is 93.8 cm³/mol. The second kappa shape index (κ2) is 8.23. The number of aliphatic carboxylic acids is 1. The van der Waals surface area contributed by atoms with Gasteiger partial charge < -0.3 is 19.9 Å². The van der Waals surface area contributed by atoms with Gasteiger partial charge in [-0.2, -0.15) is 0 Å². The largest absolute Gasteiger partial charge is 0.490 e. The van der Waals surface area contributed by atoms with Crippen LogP contribution in [0.2, 0.25) is 0 Å². The summed E-state index contributed by atoms with van der Waals surface area (Å²) in [6.45, 7) is 5.18. The highest BCUT2D eigenvalue weighted by atomic mass is 16.6. The van der Waals surface area contributed by atoms with Gasteiger partial charge in [-0.15, -0.1) is 0 Å². The van der Waals surface area contributed by atoms with E-state index in [1.807, 2.05) is 24.3 Å². The number of carbonyl (C=O) groups is 2. The zero-order valence-corrected chi connectivity index (χ0v) is 15.1. The van der Waals surface area contributed by atoms with E-state index in [9.17, 15) is 14.7 Å². The maximum Gasteiger partial charge on any atom is 0.408 e. The van der Waals surface area contributed by atoms with Crippen molar-refractivity contribution in [2.75, 3.05) is 0 Å². The summed E-state index contributed by atoms with van der Waals surface area (Å²) in [5.74, 6) is -0.306. The molecule has 0 spiro atoms. The first kappa shape index (κ1) is 19.1. The molecule has 2 N–H and O–H groups in total. The lowest BCUT2D eigenvalue weighted by atomic mass is 10.1. The van der Waals surface area contributed by atoms with E-state index < -0.39 is 23.7 Å². The highest BCUT2D eigenvalue weighted by Gasteiger charge is 2.24. The van der Waals surface area contributed by atoms with Crippen LogP contribution in [0.15, 0.2) is 24.3 Å². The lowest BCUT2D eigenvalue weighted by molar-refractivity contribution is -0.139. The number of benzene rings is 1. The maximum absolute atomic E-state index is 11.8. The SMILES string of the molecule is CC(C)(C)OC(=O)N[C@@H](Cc1ccc(OC2CCCC2)cc1)C(=O)O. The molecule has 6 nitrogen and oxygen atoms in total. The first-order valence-corrected chi connectivity index (χ1v) is 8.71. The minimum atomic E-state index is -1.10. The van der Waals surface area contributed by atoms with E-state index in [1.165, 1.54) is 12.8 Å². The molecule has 1 aliphatic rings. The quantitative estimate of drug-likeness (QED) is 0.821. The fourth-order valence-electron chi connectivity index (χ4n) is 2.79. The van der Waals surface area contributed by atoms with E-state index >= 15 is 0 Å². The smallest absolute Gasteiger partial charge is 0.408 e. The van der Waals surface area contributed by atoms with E-state index in [0.29, 0.717) is 0 Å². The number of alkyl carbamates (subject to hydrolysis) is 1. The topological polar surface area (TPSA) is 84.9 Å². The normalized spacial score (nSPS) is 16.3. The molecule has 138 valence electrons. The Kier molecular flexibility index (Phi) is 6.28. The summed E-state index contributed by atoms with van der Waals surface area (Å²) in [6, 6.07) is 6.31. The third-order valence-electron chi connectivity index (χ3n) is 3.96. The van der Waals surface area contributed by atoms with Crippen LogP contribution in [-0.4, -0.2) is 34.9 Å². The monoisotopic (exact) mass is 349 g/mol. The molecule has 0 heterocycles. The zero-order chi connectivity index (χ0) is 18.4. The lowest BCUT2D eigenvalue weighted by Gasteiger charge is -2.22. The molecule has 1 aliphatic carbocycles. The van der Waals surface area contributed by atoms with Crippen LogP contribution in [0.25, 0.3) is 0 Å². The van der Waals surface area contributed by atoms with Gasteiger partial charge >= 0.3 is 12.1 Å². The van der Waals surface area contributed by atoms with Gasteiger partial charge in [-0.3, -0.25) is 0 Å². The van der Waals surface area contributed by atoms with Gasteiger partial charge in [0, 0.05) is 6.42 Å². The van der Waals surface area contributed by atoms with Crippen LogP contribution in [0.4, 0.5) is 4.79 Å². The number of carbonyl (C=O) groups excluding carboxylic acids is 1. The highest BCUT2D eigenvalue weighted by Crippen LogP contribution is 2.24. The van der Waals surface area contributed by atoms with Crippen molar-refractivity contribution < 1.29 is 24.2 Å². The van der Waals surface area contributed by atoms with Gasteiger partial charge in [0.05, 0.1) is 6.10 Å². The standard InChI is InChI=1S/C19H27NO5/c1-19(2,3)25-18(23)20-16(17(21)22)12-13-8-10-15(11-9-13)24-14-6-4-5-7-14/h8-11,14,16H,4-7,12H2,1-3H3,(H,20,23)(H,21,22)/t16-/m0/s1. The number of carboxylic acid groups (broad SMARTS) is 1. The minimum absolute atomic E-state index is 0.179. The molecule has 6 heteroatoms. The number of rotatable bonds is 6. The summed E-state index contributed by atoms with van der Waals surface area (Å²) < 4.78 is 11.0. The molecule has 1 fully saturated rings. The molecule has 0 aliphatic heterocycles. The van der Waals surface area contributed by atoms with Crippen molar-refractivity contribution in [1.29, 1.82) is 0 Å². The van der Waals surface area contributed by atoms with Gasteiger partial charge in [-0.1, -0.05) is 12.1 Å². The fraction of sp³-hybridized carbons (Fsp3) is 0.579. The molecule has 2 rings (SSSR count). The summed E-state index contributed by atoms with van der Waals surface area (Å²) >= 11 is 0. The molecule has 0 saturated heterocycles. The van der Waals surface area contributed by atoms with Crippen molar-refractivity contribution in [2.45, 2.75) is 70.6 Å². The van der Waals surface area contributed by atoms with E-state index in [2.05, 4.69) is 5.32 Å². The van der Waals surface area contributed by atoms with Crippen molar-refractivity contribution in [3.05, 3.63) is 29.8 Å². The van der Waals surface area contributed by atoms with Crippen molar-refractivity contribution in [2.24, 2.45) is 0 Å². The van der Waals surface area contributed by atoms with Gasteiger partial charge in [0.25, 0.3) is 0 Å². The van der Waals surface area contributed by atoms with Crippen LogP contribution in [-0.2, 0) is 16.0 Å². The van der Waals surface area contributed by atoms with Gasteiger partial charge in [0.1, 0.15) is 17.4 Å². The summed E-state index contributed by atoms with van der Waals surface area (Å²) in [5.41, 5.74) is 0.133. The molecule has 0 unspecified atom stereocenters. The maximum atomic E-state index is 11.8. The van der Waals surface area contributed by atoms with Gasteiger partial charge in [0.15, 0.2) is 0 Å². The first-order valence-electron chi connectivity index (χ1n) is 8.71. The molecule has 25 heavy (non-hydrogen) atoms. The third kappa shape index (κ3) is 6.64. The molecular weight excluding hydrogens is 322 g/mol. The summed E-state index contributed by atoms with van der Waals surface area (Å²) in [6.07, 6.45) is 4.31. The number of nitrogens with one attached hydrogen (secondary N) is 1. The van der Waals surface area contributed by atoms with Crippen LogP contribution in [0.1, 0.15) is 52.0 Å². The molecule has 1 aromatic rings. The Balaban J connectivity index is 1.92. The first-order chi connectivity index (χ1) is 11.7. The van der Waals surface area contributed by atoms with Crippen molar-refractivity contribution >= 4 is 12.1 Å². The molecule has 1 amide bonds. The van der Waals surface area contributed by atoms with Gasteiger partial charge in [0.2, 0.25) is 0 Å². The molecule has 0 aromatic heterocycles. The van der Waals surface area contributed by atoms with Crippen molar-refractivity contribution in [1.82, 2.24) is 5.32 Å². The molecule has 1 aromatic carbocycles. The summed E-state index contributed by atoms with van der Waals surface area (Å²) in [7, 11) is 0. The van der Waals surface area contributed by atoms with E-state index in [4.69, 9.17) is 9.47 Å². The summed E-state index contributed by atoms with van der Waals surface area (Å²) in [5, 5.41) is 11.7. The minimum Gasteiger partial charge on any atom is -0.490 e. The Hall–Kier alpha value is -2.24. The number of ether oxygens (including phenoxy) is 2. The number of carboxylic acids is 1. The Morgan fingerprint density at radius 1 is 1.20 bits per heavy atom. The molecule has 1 saturated carbocycles. The molecular formula is C19H27NO5. The third-order valence-corrected chi connectivity index (χ3v) is 3.96. The van der Waals surface area contributed by atoms with E-state index in [1.54, 1.807) is 20.8 Å². The van der Waals surface area contributed by atoms with E-state index in [0.717, 1.165) is 24.2 Å². The number of hydrogen-bond donors (Lipinski definition) is 2. The Morgan fingerprint density at radius 3 is 2.32 bits per heavy atom. The number of hydrogen-bond acceptors (Lipinski definition) is 4. The van der Waals surface area contributed by atoms with Crippen molar-refractivity contribution in [3.63, 3.8) is 0 Å². The second-order valence-corrected chi connectivity index (χ2v) is 7.41. The predicted octanol–water partition coefficient (Wildman–Crippen LogP) is 3.53. The van der Waals surface area contributed by atoms with E-state index in [-0.39, 0.29) is 12.5 Å².